The summed E-state index contributed by atoms with van der Waals surface area (Å²) in [5.41, 5.74) is 2.32. The number of carbonyl (C=O) groups is 1. The maximum Gasteiger partial charge on any atom is 0.260 e. The van der Waals surface area contributed by atoms with E-state index < -0.39 is 0 Å². The van der Waals surface area contributed by atoms with Gasteiger partial charge in [-0.15, -0.1) is 0 Å². The Morgan fingerprint density at radius 1 is 1.00 bits per heavy atom. The van der Waals surface area contributed by atoms with Gasteiger partial charge in [-0.25, -0.2) is 0 Å². The lowest BCUT2D eigenvalue weighted by atomic mass is 10.0. The normalized spacial score (nSPS) is 14.6. The van der Waals surface area contributed by atoms with Crippen molar-refractivity contribution >= 4 is 11.6 Å². The van der Waals surface area contributed by atoms with Crippen LogP contribution >= 0.6 is 0 Å². The van der Waals surface area contributed by atoms with Gasteiger partial charge in [-0.3, -0.25) is 4.79 Å². The fourth-order valence-corrected chi connectivity index (χ4v) is 3.06. The zero-order chi connectivity index (χ0) is 18.5. The quantitative estimate of drug-likeness (QED) is 0.896. The van der Waals surface area contributed by atoms with Gasteiger partial charge in [-0.05, 0) is 47.9 Å². The number of aromatic hydroxyl groups is 1. The summed E-state index contributed by atoms with van der Waals surface area (Å²) < 4.78 is 5.65. The number of carbonyl (C=O) groups excluding carboxylic acids is 1. The molecule has 0 atom stereocenters. The fourth-order valence-electron chi connectivity index (χ4n) is 3.06. The van der Waals surface area contributed by atoms with Crippen LogP contribution in [-0.2, 0) is 4.79 Å². The van der Waals surface area contributed by atoms with E-state index in [9.17, 15) is 9.90 Å². The molecule has 2 aromatic rings. The predicted octanol–water partition coefficient (Wildman–Crippen LogP) is 3.24. The molecule has 5 heteroatoms. The third-order valence-electron chi connectivity index (χ3n) is 4.76. The molecule has 1 aliphatic rings. The molecule has 3 rings (SSSR count). The summed E-state index contributed by atoms with van der Waals surface area (Å²) in [4.78, 5) is 16.4. The molecule has 0 unspecified atom stereocenters. The Kier molecular flexibility index (Phi) is 5.66. The summed E-state index contributed by atoms with van der Waals surface area (Å²) in [5.74, 6) is 1.49. The molecule has 1 heterocycles. The molecular weight excluding hydrogens is 328 g/mol. The maximum absolute atomic E-state index is 12.4. The van der Waals surface area contributed by atoms with Gasteiger partial charge in [0.15, 0.2) is 6.61 Å². The Hall–Kier alpha value is -2.69. The molecule has 1 fully saturated rings. The van der Waals surface area contributed by atoms with Gasteiger partial charge in [0.1, 0.15) is 11.5 Å². The highest BCUT2D eigenvalue weighted by Gasteiger charge is 2.21. The molecule has 0 aromatic heterocycles. The topological polar surface area (TPSA) is 53.0 Å². The number of nitrogens with zero attached hydrogens (tertiary/aromatic N) is 2. The van der Waals surface area contributed by atoms with E-state index in [-0.39, 0.29) is 18.3 Å². The van der Waals surface area contributed by atoms with Gasteiger partial charge >= 0.3 is 0 Å². The van der Waals surface area contributed by atoms with Gasteiger partial charge in [0.25, 0.3) is 5.91 Å². The predicted molar refractivity (Wildman–Crippen MR) is 103 cm³/mol. The Balaban J connectivity index is 1.47. The van der Waals surface area contributed by atoms with E-state index in [4.69, 9.17) is 4.74 Å². The van der Waals surface area contributed by atoms with Crippen molar-refractivity contribution in [3.63, 3.8) is 0 Å². The number of phenols is 1. The molecule has 5 nitrogen and oxygen atoms in total. The monoisotopic (exact) mass is 354 g/mol. The summed E-state index contributed by atoms with van der Waals surface area (Å²) in [5, 5.41) is 9.38. The van der Waals surface area contributed by atoms with Crippen LogP contribution in [-0.4, -0.2) is 48.7 Å². The van der Waals surface area contributed by atoms with Crippen LogP contribution in [0.25, 0.3) is 0 Å². The highest BCUT2D eigenvalue weighted by Crippen LogP contribution is 2.21. The van der Waals surface area contributed by atoms with Crippen LogP contribution < -0.4 is 9.64 Å². The van der Waals surface area contributed by atoms with E-state index in [1.807, 2.05) is 41.3 Å². The molecule has 1 saturated heterocycles. The number of phenolic OH excluding ortho intramolecular Hbond substituents is 1. The Morgan fingerprint density at radius 2 is 1.62 bits per heavy atom. The molecule has 0 saturated carbocycles. The van der Waals surface area contributed by atoms with Crippen molar-refractivity contribution in [3.05, 3.63) is 54.1 Å². The number of benzene rings is 2. The minimum absolute atomic E-state index is 0.0169. The summed E-state index contributed by atoms with van der Waals surface area (Å²) in [6.45, 7) is 7.28. The van der Waals surface area contributed by atoms with Crippen molar-refractivity contribution in [2.75, 3.05) is 37.7 Å². The largest absolute Gasteiger partial charge is 0.508 e. The van der Waals surface area contributed by atoms with Crippen molar-refractivity contribution in [2.45, 2.75) is 19.8 Å². The minimum Gasteiger partial charge on any atom is -0.508 e. The Labute approximate surface area is 154 Å². The lowest BCUT2D eigenvalue weighted by molar-refractivity contribution is -0.133. The van der Waals surface area contributed by atoms with Crippen LogP contribution in [0.3, 0.4) is 0 Å². The van der Waals surface area contributed by atoms with Gasteiger partial charge in [0.05, 0.1) is 0 Å². The second kappa shape index (κ2) is 8.13. The van der Waals surface area contributed by atoms with Gasteiger partial charge in [0.2, 0.25) is 0 Å². The highest BCUT2D eigenvalue weighted by molar-refractivity contribution is 5.78. The molecule has 0 spiro atoms. The zero-order valence-corrected chi connectivity index (χ0v) is 15.4. The highest BCUT2D eigenvalue weighted by atomic mass is 16.5. The number of ether oxygens (including phenoxy) is 1. The second-order valence-electron chi connectivity index (χ2n) is 6.90. The van der Waals surface area contributed by atoms with Crippen molar-refractivity contribution in [3.8, 4) is 11.5 Å². The van der Waals surface area contributed by atoms with E-state index in [0.29, 0.717) is 19.0 Å². The van der Waals surface area contributed by atoms with Crippen LogP contribution in [0.4, 0.5) is 5.69 Å². The Bertz CT molecular complexity index is 718. The van der Waals surface area contributed by atoms with Crippen LogP contribution in [0.15, 0.2) is 48.5 Å². The van der Waals surface area contributed by atoms with E-state index >= 15 is 0 Å². The fraction of sp³-hybridized carbons (Fsp3) is 0.381. The van der Waals surface area contributed by atoms with E-state index in [2.05, 4.69) is 18.7 Å². The number of anilines is 1. The average molecular weight is 354 g/mol. The van der Waals surface area contributed by atoms with Crippen LogP contribution in [0.5, 0.6) is 11.5 Å². The molecule has 0 bridgehead atoms. The minimum atomic E-state index is 0.0169. The molecule has 1 aliphatic heterocycles. The molecule has 2 aromatic carbocycles. The first-order valence-electron chi connectivity index (χ1n) is 9.07. The lowest BCUT2D eigenvalue weighted by Gasteiger charge is -2.36. The average Bonchev–Trinajstić information content (AvgIpc) is 2.67. The van der Waals surface area contributed by atoms with Crippen molar-refractivity contribution in [1.82, 2.24) is 4.90 Å². The number of hydrogen-bond donors (Lipinski definition) is 1. The molecule has 1 amide bonds. The second-order valence-corrected chi connectivity index (χ2v) is 6.90. The number of piperazine rings is 1. The molecule has 26 heavy (non-hydrogen) atoms. The van der Waals surface area contributed by atoms with E-state index in [1.165, 1.54) is 5.56 Å². The first-order chi connectivity index (χ1) is 12.5. The maximum atomic E-state index is 12.4. The standard InChI is InChI=1S/C21H26N2O3/c1-16(2)17-3-9-20(10-4-17)26-15-21(25)23-13-11-22(12-14-23)18-5-7-19(24)8-6-18/h3-10,16,24H,11-15H2,1-2H3. The van der Waals surface area contributed by atoms with Crippen molar-refractivity contribution < 1.29 is 14.6 Å². The molecule has 138 valence electrons. The smallest absolute Gasteiger partial charge is 0.260 e. The van der Waals surface area contributed by atoms with Gasteiger partial charge in [-0.1, -0.05) is 26.0 Å². The zero-order valence-electron chi connectivity index (χ0n) is 15.4. The van der Waals surface area contributed by atoms with Crippen LogP contribution in [0.2, 0.25) is 0 Å². The Morgan fingerprint density at radius 3 is 2.19 bits per heavy atom. The van der Waals surface area contributed by atoms with Gasteiger partial charge in [-0.2, -0.15) is 0 Å². The first kappa shape index (κ1) is 18.1. The molecule has 0 radical (unpaired) electrons. The van der Waals surface area contributed by atoms with Crippen molar-refractivity contribution in [2.24, 2.45) is 0 Å². The molecule has 1 N–H and O–H groups in total. The summed E-state index contributed by atoms with van der Waals surface area (Å²) >= 11 is 0. The van der Waals surface area contributed by atoms with E-state index in [1.54, 1.807) is 12.1 Å². The van der Waals surface area contributed by atoms with Gasteiger partial charge < -0.3 is 19.6 Å². The summed E-state index contributed by atoms with van der Waals surface area (Å²) in [6.07, 6.45) is 0. The van der Waals surface area contributed by atoms with Crippen molar-refractivity contribution in [1.29, 1.82) is 0 Å². The number of amides is 1. The summed E-state index contributed by atoms with van der Waals surface area (Å²) in [6, 6.07) is 15.1. The third kappa shape index (κ3) is 4.48. The van der Waals surface area contributed by atoms with Crippen LogP contribution in [0.1, 0.15) is 25.3 Å². The number of hydrogen-bond acceptors (Lipinski definition) is 4. The van der Waals surface area contributed by atoms with Crippen LogP contribution in [0, 0.1) is 0 Å². The molecular formula is C21H26N2O3. The number of rotatable bonds is 5. The lowest BCUT2D eigenvalue weighted by Crippen LogP contribution is -2.50. The summed E-state index contributed by atoms with van der Waals surface area (Å²) in [7, 11) is 0. The third-order valence-corrected chi connectivity index (χ3v) is 4.76. The van der Waals surface area contributed by atoms with Gasteiger partial charge in [0, 0.05) is 31.9 Å². The van der Waals surface area contributed by atoms with E-state index in [0.717, 1.165) is 24.5 Å². The SMILES string of the molecule is CC(C)c1ccc(OCC(=O)N2CCN(c3ccc(O)cc3)CC2)cc1. The molecule has 0 aliphatic carbocycles. The first-order valence-corrected chi connectivity index (χ1v) is 9.07.